The lowest BCUT2D eigenvalue weighted by Gasteiger charge is -2.27. The fraction of sp³-hybridized carbons (Fsp3) is 0.263. The van der Waals surface area contributed by atoms with Crippen molar-refractivity contribution in [2.24, 2.45) is 0 Å². The van der Waals surface area contributed by atoms with Crippen LogP contribution in [0.4, 0.5) is 0 Å². The summed E-state index contributed by atoms with van der Waals surface area (Å²) in [7, 11) is 7.98. The number of nitrogens with one attached hydrogen (secondary N) is 2. The van der Waals surface area contributed by atoms with Gasteiger partial charge < -0.3 is 9.80 Å². The second kappa shape index (κ2) is 6.42. The monoisotopic (exact) mass is 280 g/mol. The van der Waals surface area contributed by atoms with Crippen molar-refractivity contribution < 1.29 is 9.80 Å². The molecule has 2 aromatic carbocycles. The van der Waals surface area contributed by atoms with Gasteiger partial charge in [0.1, 0.15) is 0 Å². The highest BCUT2D eigenvalue weighted by molar-refractivity contribution is 5.28. The average molecular weight is 280 g/mol. The molecule has 0 radical (unpaired) electrons. The fourth-order valence-electron chi connectivity index (χ4n) is 3.15. The van der Waals surface area contributed by atoms with Gasteiger partial charge >= 0.3 is 0 Å². The minimum Gasteiger partial charge on any atom is -0.464 e. The summed E-state index contributed by atoms with van der Waals surface area (Å²) in [5.41, 5.74) is 5.92. The zero-order chi connectivity index (χ0) is 14.7. The van der Waals surface area contributed by atoms with Crippen LogP contribution in [0.15, 0.2) is 48.5 Å². The van der Waals surface area contributed by atoms with E-state index in [1.54, 1.807) is 0 Å². The van der Waals surface area contributed by atoms with E-state index >= 15 is 0 Å². The van der Waals surface area contributed by atoms with Gasteiger partial charge in [0, 0.05) is 23.1 Å². The molecule has 2 aromatic rings. The number of benzene rings is 2. The lowest BCUT2D eigenvalue weighted by Crippen LogP contribution is -3.06. The molecule has 0 fully saturated rings. The second-order valence-electron chi connectivity index (χ2n) is 6.07. The van der Waals surface area contributed by atoms with Crippen molar-refractivity contribution in [3.8, 4) is 0 Å². The molecule has 2 aliphatic heterocycles. The molecule has 1 atom stereocenters. The Bertz CT molecular complexity index is 581. The molecular formula is C19H24N2. The molecule has 2 nitrogen and oxygen atoms in total. The number of quaternary nitrogens is 2. The molecule has 0 spiro atoms. The first-order chi connectivity index (χ1) is 10.2. The van der Waals surface area contributed by atoms with E-state index in [1.165, 1.54) is 45.0 Å². The van der Waals surface area contributed by atoms with E-state index in [1.807, 2.05) is 0 Å². The maximum atomic E-state index is 4.01. The van der Waals surface area contributed by atoms with Gasteiger partial charge in [-0.15, -0.1) is 0 Å². The van der Waals surface area contributed by atoms with Gasteiger partial charge in [-0.25, -0.2) is 0 Å². The smallest absolute Gasteiger partial charge is 0.0795 e. The summed E-state index contributed by atoms with van der Waals surface area (Å²) in [5.74, 6) is 0. The standard InChI is InChI=1S/C10H13N.C9H11N/c1-11-7-6-9-4-2-3-5-10(9)8-11;1-10-6-8-4-2-3-5-9(8)7-10/h2-5,11H,1,6-8H2;2-5,10H,1,6-7H2. The van der Waals surface area contributed by atoms with Crippen LogP contribution < -0.4 is 9.80 Å². The van der Waals surface area contributed by atoms with Crippen LogP contribution in [0.5, 0.6) is 0 Å². The highest BCUT2D eigenvalue weighted by Gasteiger charge is 2.13. The number of hydrogen-bond donors (Lipinski definition) is 2. The van der Waals surface area contributed by atoms with Crippen molar-refractivity contribution in [3.05, 3.63) is 84.9 Å². The molecule has 4 rings (SSSR count). The highest BCUT2D eigenvalue weighted by atomic mass is 15.1. The predicted octanol–water partition coefficient (Wildman–Crippen LogP) is 0.796. The molecule has 0 aromatic heterocycles. The van der Waals surface area contributed by atoms with E-state index in [4.69, 9.17) is 0 Å². The van der Waals surface area contributed by atoms with Crippen molar-refractivity contribution in [2.45, 2.75) is 26.1 Å². The molecule has 0 saturated heterocycles. The topological polar surface area (TPSA) is 8.88 Å². The van der Waals surface area contributed by atoms with Gasteiger partial charge in [0.05, 0.1) is 26.2 Å². The SMILES string of the molecule is [CH2-][NH+]1CCc2ccccc2C1.[CH2-][NH+]1Cc2ccccc2C1. The van der Waals surface area contributed by atoms with Crippen molar-refractivity contribution in [1.82, 2.24) is 0 Å². The van der Waals surface area contributed by atoms with Crippen LogP contribution in [-0.4, -0.2) is 6.54 Å². The fourth-order valence-corrected chi connectivity index (χ4v) is 3.15. The maximum Gasteiger partial charge on any atom is 0.0795 e. The summed E-state index contributed by atoms with van der Waals surface area (Å²) in [6.07, 6.45) is 1.19. The van der Waals surface area contributed by atoms with Crippen LogP contribution in [0.3, 0.4) is 0 Å². The maximum absolute atomic E-state index is 4.01. The summed E-state index contributed by atoms with van der Waals surface area (Å²) < 4.78 is 0. The van der Waals surface area contributed by atoms with Crippen LogP contribution in [0.2, 0.25) is 0 Å². The zero-order valence-electron chi connectivity index (χ0n) is 12.6. The molecule has 0 aliphatic carbocycles. The van der Waals surface area contributed by atoms with Crippen LogP contribution in [0.1, 0.15) is 22.3 Å². The molecule has 110 valence electrons. The third-order valence-electron chi connectivity index (χ3n) is 4.31. The largest absolute Gasteiger partial charge is 0.464 e. The van der Waals surface area contributed by atoms with Crippen molar-refractivity contribution in [2.75, 3.05) is 6.54 Å². The molecule has 0 bridgehead atoms. The second-order valence-corrected chi connectivity index (χ2v) is 6.07. The molecule has 2 N–H and O–H groups in total. The summed E-state index contributed by atoms with van der Waals surface area (Å²) in [6.45, 7) is 4.46. The van der Waals surface area contributed by atoms with E-state index < -0.39 is 0 Å². The first-order valence-electron chi connectivity index (χ1n) is 7.69. The van der Waals surface area contributed by atoms with Crippen LogP contribution in [0.25, 0.3) is 0 Å². The Labute approximate surface area is 128 Å². The summed E-state index contributed by atoms with van der Waals surface area (Å²) in [5, 5.41) is 0. The lowest BCUT2D eigenvalue weighted by atomic mass is 10.0. The number of fused-ring (bicyclic) bond motifs is 2. The lowest BCUT2D eigenvalue weighted by molar-refractivity contribution is -0.874. The highest BCUT2D eigenvalue weighted by Crippen LogP contribution is 2.10. The molecular weight excluding hydrogens is 256 g/mol. The Morgan fingerprint density at radius 2 is 1.05 bits per heavy atom. The van der Waals surface area contributed by atoms with E-state index in [0.29, 0.717) is 0 Å². The minimum atomic E-state index is 1.09. The number of rotatable bonds is 0. The third kappa shape index (κ3) is 3.52. The van der Waals surface area contributed by atoms with Gasteiger partial charge in [-0.3, -0.25) is 0 Å². The molecule has 0 amide bonds. The van der Waals surface area contributed by atoms with Gasteiger partial charge in [-0.05, 0) is 5.56 Å². The van der Waals surface area contributed by atoms with Crippen LogP contribution in [-0.2, 0) is 26.1 Å². The van der Waals surface area contributed by atoms with E-state index in [9.17, 15) is 0 Å². The average Bonchev–Trinajstić information content (AvgIpc) is 2.88. The van der Waals surface area contributed by atoms with Gasteiger partial charge in [-0.2, -0.15) is 14.1 Å². The zero-order valence-corrected chi connectivity index (χ0v) is 12.6. The van der Waals surface area contributed by atoms with Gasteiger partial charge in [-0.1, -0.05) is 48.5 Å². The molecule has 0 saturated carbocycles. The summed E-state index contributed by atoms with van der Waals surface area (Å²) in [4.78, 5) is 2.73. The first-order valence-corrected chi connectivity index (χ1v) is 7.69. The van der Waals surface area contributed by atoms with E-state index in [2.05, 4.69) is 62.6 Å². The number of hydrogen-bond acceptors (Lipinski definition) is 0. The Morgan fingerprint density at radius 3 is 1.62 bits per heavy atom. The molecule has 1 unspecified atom stereocenters. The van der Waals surface area contributed by atoms with Gasteiger partial charge in [0.25, 0.3) is 0 Å². The Hall–Kier alpha value is -1.64. The molecule has 2 heterocycles. The van der Waals surface area contributed by atoms with Crippen molar-refractivity contribution in [1.29, 1.82) is 0 Å². The van der Waals surface area contributed by atoms with Gasteiger partial charge in [0.15, 0.2) is 0 Å². The Kier molecular flexibility index (Phi) is 4.37. The van der Waals surface area contributed by atoms with E-state index in [-0.39, 0.29) is 0 Å². The summed E-state index contributed by atoms with van der Waals surface area (Å²) in [6, 6.07) is 17.2. The van der Waals surface area contributed by atoms with Crippen LogP contribution in [0, 0.1) is 14.1 Å². The van der Waals surface area contributed by atoms with Crippen molar-refractivity contribution in [3.63, 3.8) is 0 Å². The minimum absolute atomic E-state index is 1.09. The predicted molar refractivity (Wildman–Crippen MR) is 85.2 cm³/mol. The summed E-state index contributed by atoms with van der Waals surface area (Å²) >= 11 is 0. The molecule has 2 aliphatic rings. The first kappa shape index (κ1) is 14.3. The normalized spacial score (nSPS) is 20.2. The molecule has 2 heteroatoms. The Balaban J connectivity index is 0.000000126. The third-order valence-corrected chi connectivity index (χ3v) is 4.31. The molecule has 21 heavy (non-hydrogen) atoms. The van der Waals surface area contributed by atoms with Crippen LogP contribution >= 0.6 is 0 Å². The van der Waals surface area contributed by atoms with Crippen molar-refractivity contribution >= 4 is 0 Å². The van der Waals surface area contributed by atoms with E-state index in [0.717, 1.165) is 19.6 Å². The Morgan fingerprint density at radius 1 is 0.619 bits per heavy atom. The van der Waals surface area contributed by atoms with Gasteiger partial charge in [0.2, 0.25) is 0 Å². The quantitative estimate of drug-likeness (QED) is 0.661.